The summed E-state index contributed by atoms with van der Waals surface area (Å²) in [5.41, 5.74) is -0.295. The lowest BCUT2D eigenvalue weighted by Gasteiger charge is -2.25. The lowest BCUT2D eigenvalue weighted by molar-refractivity contribution is -0.122. The smallest absolute Gasteiger partial charge is 0.220 e. The van der Waals surface area contributed by atoms with E-state index in [0.717, 1.165) is 12.1 Å². The second kappa shape index (κ2) is 8.08. The molecule has 0 aromatic heterocycles. The topological polar surface area (TPSA) is 58.6 Å². The van der Waals surface area contributed by atoms with Crippen molar-refractivity contribution in [1.29, 1.82) is 0 Å². The number of halogens is 2. The van der Waals surface area contributed by atoms with Crippen LogP contribution in [0.15, 0.2) is 18.2 Å². The van der Waals surface area contributed by atoms with E-state index in [1.807, 2.05) is 20.8 Å². The Kier molecular flexibility index (Phi) is 6.74. The first kappa shape index (κ1) is 18.4. The predicted molar refractivity (Wildman–Crippen MR) is 79.6 cm³/mol. The molecule has 124 valence electrons. The predicted octanol–water partition coefficient (Wildman–Crippen LogP) is 2.65. The van der Waals surface area contributed by atoms with Crippen LogP contribution in [0.4, 0.5) is 8.78 Å². The molecule has 0 spiro atoms. The highest BCUT2D eigenvalue weighted by atomic mass is 19.1. The van der Waals surface area contributed by atoms with Gasteiger partial charge in [0.2, 0.25) is 5.91 Å². The molecule has 6 heteroatoms. The second-order valence-corrected chi connectivity index (χ2v) is 6.21. The zero-order valence-electron chi connectivity index (χ0n) is 13.2. The summed E-state index contributed by atoms with van der Waals surface area (Å²) in [4.78, 5) is 11.6. The molecule has 0 radical (unpaired) electrons. The van der Waals surface area contributed by atoms with Gasteiger partial charge in [-0.05, 0) is 24.0 Å². The lowest BCUT2D eigenvalue weighted by Crippen LogP contribution is -2.39. The number of benzene rings is 1. The third-order valence-corrected chi connectivity index (χ3v) is 3.19. The lowest BCUT2D eigenvalue weighted by atomic mass is 9.89. The molecule has 2 N–H and O–H groups in total. The Labute approximate surface area is 129 Å². The molecular formula is C16H23F2NO3. The average molecular weight is 315 g/mol. The molecule has 0 bridgehead atoms. The first-order valence-corrected chi connectivity index (χ1v) is 7.23. The molecule has 0 heterocycles. The van der Waals surface area contributed by atoms with Crippen molar-refractivity contribution in [2.75, 3.05) is 13.2 Å². The third-order valence-electron chi connectivity index (χ3n) is 3.19. The molecule has 1 rings (SSSR count). The van der Waals surface area contributed by atoms with E-state index in [-0.39, 0.29) is 36.6 Å². The van der Waals surface area contributed by atoms with Gasteiger partial charge in [-0.1, -0.05) is 20.8 Å². The van der Waals surface area contributed by atoms with Crippen molar-refractivity contribution in [2.45, 2.75) is 39.7 Å². The number of nitrogens with one attached hydrogen (secondary N) is 1. The van der Waals surface area contributed by atoms with Crippen molar-refractivity contribution in [1.82, 2.24) is 5.32 Å². The number of amides is 1. The standard InChI is InChI=1S/C16H23F2NO3/c1-16(2,3)14(20)10-19-15(21)5-4-8-22-13-7-6-11(17)9-12(13)18/h6-7,9,14,20H,4-5,8,10H2,1-3H3,(H,19,21). The van der Waals surface area contributed by atoms with Crippen LogP contribution in [0.1, 0.15) is 33.6 Å². The van der Waals surface area contributed by atoms with Crippen LogP contribution in [0, 0.1) is 17.0 Å². The molecule has 0 saturated heterocycles. The van der Waals surface area contributed by atoms with Crippen molar-refractivity contribution in [3.05, 3.63) is 29.8 Å². The maximum absolute atomic E-state index is 13.3. The van der Waals surface area contributed by atoms with Gasteiger partial charge in [-0.15, -0.1) is 0 Å². The number of hydrogen-bond donors (Lipinski definition) is 2. The van der Waals surface area contributed by atoms with Crippen molar-refractivity contribution in [3.63, 3.8) is 0 Å². The van der Waals surface area contributed by atoms with E-state index in [0.29, 0.717) is 6.42 Å². The Morgan fingerprint density at radius 1 is 1.36 bits per heavy atom. The van der Waals surface area contributed by atoms with E-state index < -0.39 is 17.7 Å². The minimum absolute atomic E-state index is 0.0371. The molecule has 22 heavy (non-hydrogen) atoms. The van der Waals surface area contributed by atoms with Gasteiger partial charge in [-0.25, -0.2) is 8.78 Å². The molecule has 4 nitrogen and oxygen atoms in total. The van der Waals surface area contributed by atoms with Gasteiger partial charge in [0.1, 0.15) is 5.82 Å². The molecule has 1 aromatic rings. The molecule has 0 aliphatic heterocycles. The van der Waals surface area contributed by atoms with Gasteiger partial charge in [-0.2, -0.15) is 0 Å². The van der Waals surface area contributed by atoms with Crippen LogP contribution in [0.25, 0.3) is 0 Å². The summed E-state index contributed by atoms with van der Waals surface area (Å²) in [5, 5.41) is 12.4. The van der Waals surface area contributed by atoms with E-state index in [2.05, 4.69) is 5.32 Å². The normalized spacial score (nSPS) is 12.8. The minimum atomic E-state index is -0.766. The van der Waals surface area contributed by atoms with E-state index in [1.165, 1.54) is 6.07 Å². The molecule has 1 atom stereocenters. The zero-order chi connectivity index (χ0) is 16.8. The van der Waals surface area contributed by atoms with Crippen LogP contribution in [0.5, 0.6) is 5.75 Å². The number of aliphatic hydroxyl groups is 1. The first-order chi connectivity index (χ1) is 10.2. The summed E-state index contributed by atoms with van der Waals surface area (Å²) < 4.78 is 31.1. The molecule has 1 amide bonds. The fourth-order valence-electron chi connectivity index (χ4n) is 1.61. The molecular weight excluding hydrogens is 292 g/mol. The summed E-state index contributed by atoms with van der Waals surface area (Å²) in [6.45, 7) is 5.99. The maximum Gasteiger partial charge on any atom is 0.220 e. The van der Waals surface area contributed by atoms with Crippen molar-refractivity contribution < 1.29 is 23.4 Å². The molecule has 1 aromatic carbocycles. The average Bonchev–Trinajstić information content (AvgIpc) is 2.41. The highest BCUT2D eigenvalue weighted by Crippen LogP contribution is 2.19. The number of aliphatic hydroxyl groups excluding tert-OH is 1. The summed E-state index contributed by atoms with van der Waals surface area (Å²) in [6, 6.07) is 3.07. The first-order valence-electron chi connectivity index (χ1n) is 7.23. The van der Waals surface area contributed by atoms with Gasteiger partial charge in [0.25, 0.3) is 0 Å². The maximum atomic E-state index is 13.3. The Morgan fingerprint density at radius 2 is 2.05 bits per heavy atom. The quantitative estimate of drug-likeness (QED) is 0.761. The summed E-state index contributed by atoms with van der Waals surface area (Å²) in [6.07, 6.45) is -0.0190. The number of hydrogen-bond acceptors (Lipinski definition) is 3. The second-order valence-electron chi connectivity index (χ2n) is 6.21. The van der Waals surface area contributed by atoms with Crippen LogP contribution in [-0.2, 0) is 4.79 Å². The highest BCUT2D eigenvalue weighted by Gasteiger charge is 2.22. The monoisotopic (exact) mass is 315 g/mol. The molecule has 0 aliphatic carbocycles. The highest BCUT2D eigenvalue weighted by molar-refractivity contribution is 5.75. The van der Waals surface area contributed by atoms with Gasteiger partial charge in [-0.3, -0.25) is 4.79 Å². The Balaban J connectivity index is 2.23. The van der Waals surface area contributed by atoms with Crippen molar-refractivity contribution in [3.8, 4) is 5.75 Å². The van der Waals surface area contributed by atoms with Gasteiger partial charge in [0.05, 0.1) is 12.7 Å². The van der Waals surface area contributed by atoms with Crippen LogP contribution in [0.2, 0.25) is 0 Å². The zero-order valence-corrected chi connectivity index (χ0v) is 13.2. The molecule has 1 unspecified atom stereocenters. The summed E-state index contributed by atoms with van der Waals surface area (Å²) in [7, 11) is 0. The van der Waals surface area contributed by atoms with E-state index >= 15 is 0 Å². The van der Waals surface area contributed by atoms with Crippen LogP contribution in [-0.4, -0.2) is 30.3 Å². The molecule has 0 saturated carbocycles. The van der Waals surface area contributed by atoms with Gasteiger partial charge in [0.15, 0.2) is 11.6 Å². The van der Waals surface area contributed by atoms with Crippen LogP contribution in [0.3, 0.4) is 0 Å². The largest absolute Gasteiger partial charge is 0.491 e. The van der Waals surface area contributed by atoms with Crippen molar-refractivity contribution >= 4 is 5.91 Å². The summed E-state index contributed by atoms with van der Waals surface area (Å²) in [5.74, 6) is -1.67. The fraction of sp³-hybridized carbons (Fsp3) is 0.562. The number of ether oxygens (including phenoxy) is 1. The van der Waals surface area contributed by atoms with Gasteiger partial charge < -0.3 is 15.2 Å². The molecule has 0 aliphatic rings. The number of rotatable bonds is 7. The van der Waals surface area contributed by atoms with Crippen LogP contribution < -0.4 is 10.1 Å². The number of carbonyl (C=O) groups is 1. The minimum Gasteiger partial charge on any atom is -0.491 e. The Hall–Kier alpha value is -1.69. The Morgan fingerprint density at radius 3 is 2.64 bits per heavy atom. The van der Waals surface area contributed by atoms with Crippen LogP contribution >= 0.6 is 0 Å². The van der Waals surface area contributed by atoms with Gasteiger partial charge >= 0.3 is 0 Å². The number of carbonyl (C=O) groups excluding carboxylic acids is 1. The van der Waals surface area contributed by atoms with Gasteiger partial charge in [0, 0.05) is 19.0 Å². The van der Waals surface area contributed by atoms with E-state index in [9.17, 15) is 18.7 Å². The third kappa shape index (κ3) is 6.39. The fourth-order valence-corrected chi connectivity index (χ4v) is 1.61. The molecule has 0 fully saturated rings. The SMILES string of the molecule is CC(C)(C)C(O)CNC(=O)CCCOc1ccc(F)cc1F. The summed E-state index contributed by atoms with van der Waals surface area (Å²) >= 11 is 0. The van der Waals surface area contributed by atoms with E-state index in [1.54, 1.807) is 0 Å². The Bertz CT molecular complexity index is 501. The van der Waals surface area contributed by atoms with E-state index in [4.69, 9.17) is 4.74 Å². The van der Waals surface area contributed by atoms with Crippen molar-refractivity contribution in [2.24, 2.45) is 5.41 Å².